The molecule has 1 aliphatic rings. The Morgan fingerprint density at radius 2 is 2.50 bits per heavy atom. The van der Waals surface area contributed by atoms with E-state index in [-0.39, 0.29) is 6.10 Å². The van der Waals surface area contributed by atoms with Crippen LogP contribution in [0.5, 0.6) is 0 Å². The number of rotatable bonds is 2. The molecule has 0 aromatic carbocycles. The number of hydrogen-bond acceptors (Lipinski definition) is 2. The number of hydrogen-bond donors (Lipinski definition) is 0. The van der Waals surface area contributed by atoms with Crippen LogP contribution in [0.2, 0.25) is 0 Å². The van der Waals surface area contributed by atoms with Gasteiger partial charge in [0.25, 0.3) is 0 Å². The van der Waals surface area contributed by atoms with Crippen LogP contribution in [0.15, 0.2) is 12.3 Å². The van der Waals surface area contributed by atoms with Gasteiger partial charge in [0.1, 0.15) is 12.4 Å². The normalized spacial score (nSPS) is 25.9. The Kier molecular flexibility index (Phi) is 1.92. The highest BCUT2D eigenvalue weighted by molar-refractivity contribution is 4.85. The van der Waals surface area contributed by atoms with E-state index in [0.29, 0.717) is 0 Å². The molecule has 0 fully saturated rings. The molecule has 0 saturated heterocycles. The van der Waals surface area contributed by atoms with Gasteiger partial charge in [-0.05, 0) is 12.5 Å². The summed E-state index contributed by atoms with van der Waals surface area (Å²) in [5.74, 6) is 0. The van der Waals surface area contributed by atoms with E-state index in [1.165, 1.54) is 0 Å². The third kappa shape index (κ3) is 1.23. The molecule has 1 unspecified atom stereocenters. The largest absolute Gasteiger partial charge is 0.345 e. The maximum Gasteiger partial charge on any atom is 0.128 e. The van der Waals surface area contributed by atoms with Crippen LogP contribution in [0.3, 0.4) is 0 Å². The van der Waals surface area contributed by atoms with Gasteiger partial charge < -0.3 is 4.89 Å². The minimum Gasteiger partial charge on any atom is -0.345 e. The van der Waals surface area contributed by atoms with Crippen LogP contribution >= 0.6 is 0 Å². The van der Waals surface area contributed by atoms with Crippen molar-refractivity contribution in [3.63, 3.8) is 0 Å². The van der Waals surface area contributed by atoms with Gasteiger partial charge in [0.15, 0.2) is 0 Å². The smallest absolute Gasteiger partial charge is 0.128 e. The molecule has 1 rings (SSSR count). The molecular formula is C6H10O2. The van der Waals surface area contributed by atoms with E-state index < -0.39 is 0 Å². The lowest BCUT2D eigenvalue weighted by Crippen LogP contribution is -2.01. The zero-order valence-corrected chi connectivity index (χ0v) is 4.96. The average molecular weight is 114 g/mol. The first-order valence-electron chi connectivity index (χ1n) is 2.92. The zero-order chi connectivity index (χ0) is 5.82. The Labute approximate surface area is 49.0 Å². The molecule has 0 saturated carbocycles. The summed E-state index contributed by atoms with van der Waals surface area (Å²) in [6.45, 7) is 2.12. The van der Waals surface area contributed by atoms with Gasteiger partial charge >= 0.3 is 0 Å². The Morgan fingerprint density at radius 3 is 3.00 bits per heavy atom. The Hall–Kier alpha value is -0.500. The molecule has 0 bridgehead atoms. The molecule has 0 spiro atoms. The fraction of sp³-hybridized carbons (Fsp3) is 0.667. The lowest BCUT2D eigenvalue weighted by Gasteiger charge is -2.00. The second kappa shape index (κ2) is 2.72. The highest BCUT2D eigenvalue weighted by Crippen LogP contribution is 2.09. The molecule has 1 heterocycles. The van der Waals surface area contributed by atoms with Crippen molar-refractivity contribution < 1.29 is 9.78 Å². The molecule has 0 radical (unpaired) electrons. The van der Waals surface area contributed by atoms with E-state index in [1.54, 1.807) is 6.26 Å². The van der Waals surface area contributed by atoms with Crippen molar-refractivity contribution in [1.82, 2.24) is 0 Å². The first-order chi connectivity index (χ1) is 3.93. The monoisotopic (exact) mass is 114 g/mol. The highest BCUT2D eigenvalue weighted by atomic mass is 17.2. The van der Waals surface area contributed by atoms with Gasteiger partial charge in [-0.3, -0.25) is 0 Å². The van der Waals surface area contributed by atoms with Crippen molar-refractivity contribution in [2.45, 2.75) is 25.9 Å². The van der Waals surface area contributed by atoms with Gasteiger partial charge in [-0.1, -0.05) is 13.3 Å². The first-order valence-corrected chi connectivity index (χ1v) is 2.92. The van der Waals surface area contributed by atoms with E-state index in [1.807, 2.05) is 6.08 Å². The van der Waals surface area contributed by atoms with Crippen molar-refractivity contribution in [2.75, 3.05) is 0 Å². The van der Waals surface area contributed by atoms with Gasteiger partial charge in [-0.15, -0.1) is 0 Å². The van der Waals surface area contributed by atoms with Gasteiger partial charge in [0, 0.05) is 0 Å². The van der Waals surface area contributed by atoms with Crippen molar-refractivity contribution in [2.24, 2.45) is 0 Å². The van der Waals surface area contributed by atoms with Crippen LogP contribution < -0.4 is 0 Å². The van der Waals surface area contributed by atoms with Crippen LogP contribution in [-0.2, 0) is 9.78 Å². The second-order valence-corrected chi connectivity index (χ2v) is 1.85. The lowest BCUT2D eigenvalue weighted by atomic mass is 10.2. The third-order valence-corrected chi connectivity index (χ3v) is 1.10. The fourth-order valence-electron chi connectivity index (χ4n) is 0.684. The molecule has 2 heteroatoms. The van der Waals surface area contributed by atoms with Crippen molar-refractivity contribution in [1.29, 1.82) is 0 Å². The van der Waals surface area contributed by atoms with E-state index in [2.05, 4.69) is 11.8 Å². The molecule has 2 nitrogen and oxygen atoms in total. The minimum atomic E-state index is 0.208. The topological polar surface area (TPSA) is 18.5 Å². The molecule has 0 aliphatic carbocycles. The van der Waals surface area contributed by atoms with Crippen LogP contribution in [-0.4, -0.2) is 6.10 Å². The van der Waals surface area contributed by atoms with Crippen LogP contribution in [0, 0.1) is 0 Å². The van der Waals surface area contributed by atoms with E-state index in [4.69, 9.17) is 4.89 Å². The summed E-state index contributed by atoms with van der Waals surface area (Å²) in [6.07, 6.45) is 5.90. The van der Waals surface area contributed by atoms with Crippen LogP contribution in [0.4, 0.5) is 0 Å². The minimum absolute atomic E-state index is 0.208. The van der Waals surface area contributed by atoms with E-state index in [0.717, 1.165) is 12.8 Å². The molecule has 0 amide bonds. The summed E-state index contributed by atoms with van der Waals surface area (Å²) in [4.78, 5) is 9.31. The maximum absolute atomic E-state index is 4.78. The second-order valence-electron chi connectivity index (χ2n) is 1.85. The summed E-state index contributed by atoms with van der Waals surface area (Å²) in [6, 6.07) is 0. The molecule has 1 aliphatic heterocycles. The first kappa shape index (κ1) is 5.63. The highest BCUT2D eigenvalue weighted by Gasteiger charge is 2.08. The van der Waals surface area contributed by atoms with Crippen molar-refractivity contribution in [3.05, 3.63) is 12.3 Å². The Morgan fingerprint density at radius 1 is 1.62 bits per heavy atom. The van der Waals surface area contributed by atoms with E-state index in [9.17, 15) is 0 Å². The molecule has 0 aromatic rings. The molecule has 46 valence electrons. The average Bonchev–Trinajstić information content (AvgIpc) is 2.19. The summed E-state index contributed by atoms with van der Waals surface area (Å²) >= 11 is 0. The van der Waals surface area contributed by atoms with Gasteiger partial charge in [0.2, 0.25) is 0 Å². The molecule has 1 atom stereocenters. The predicted octanol–water partition coefficient (Wildman–Crippen LogP) is 1.63. The van der Waals surface area contributed by atoms with Gasteiger partial charge in [0.05, 0.1) is 0 Å². The summed E-state index contributed by atoms with van der Waals surface area (Å²) < 4.78 is 0. The lowest BCUT2D eigenvalue weighted by molar-refractivity contribution is -0.253. The summed E-state index contributed by atoms with van der Waals surface area (Å²) in [5.41, 5.74) is 0. The summed E-state index contributed by atoms with van der Waals surface area (Å²) in [5, 5.41) is 0. The molecule has 0 N–H and O–H groups in total. The standard InChI is InChI=1S/C6H10O2/c1-2-3-6-4-5-7-8-6/h4-6H,2-3H2,1H3. The van der Waals surface area contributed by atoms with Crippen molar-refractivity contribution in [3.8, 4) is 0 Å². The predicted molar refractivity (Wildman–Crippen MR) is 30.0 cm³/mol. The third-order valence-electron chi connectivity index (χ3n) is 1.10. The van der Waals surface area contributed by atoms with Gasteiger partial charge in [-0.2, -0.15) is 4.89 Å². The Bertz CT molecular complexity index is 88.5. The zero-order valence-electron chi connectivity index (χ0n) is 4.96. The fourth-order valence-corrected chi connectivity index (χ4v) is 0.684. The van der Waals surface area contributed by atoms with Gasteiger partial charge in [-0.25, -0.2) is 0 Å². The SMILES string of the molecule is CCCC1C=COO1. The van der Waals surface area contributed by atoms with Crippen LogP contribution in [0.25, 0.3) is 0 Å². The summed E-state index contributed by atoms with van der Waals surface area (Å²) in [7, 11) is 0. The van der Waals surface area contributed by atoms with Crippen LogP contribution in [0.1, 0.15) is 19.8 Å². The maximum atomic E-state index is 4.78. The molecule has 8 heavy (non-hydrogen) atoms. The molecular weight excluding hydrogens is 104 g/mol. The quantitative estimate of drug-likeness (QED) is 0.508. The Balaban J connectivity index is 2.16. The molecule has 0 aromatic heterocycles. The van der Waals surface area contributed by atoms with Crippen molar-refractivity contribution >= 4 is 0 Å². The van der Waals surface area contributed by atoms with E-state index >= 15 is 0 Å².